The highest BCUT2D eigenvalue weighted by Gasteiger charge is 2.17. The van der Waals surface area contributed by atoms with E-state index in [2.05, 4.69) is 31.5 Å². The summed E-state index contributed by atoms with van der Waals surface area (Å²) in [6.45, 7) is 1.67. The lowest BCUT2D eigenvalue weighted by atomic mass is 10.1. The average molecular weight is 472 g/mol. The summed E-state index contributed by atoms with van der Waals surface area (Å²) in [5.74, 6) is -0.641. The largest absolute Gasteiger partial charge is 0.352 e. The second-order valence-electron chi connectivity index (χ2n) is 6.18. The van der Waals surface area contributed by atoms with Crippen LogP contribution in [0.4, 0.5) is 5.13 Å². The number of halogens is 1. The number of anilines is 1. The Balaban J connectivity index is 1.58. The van der Waals surface area contributed by atoms with Gasteiger partial charge < -0.3 is 10.6 Å². The van der Waals surface area contributed by atoms with Crippen LogP contribution >= 0.6 is 27.3 Å². The van der Waals surface area contributed by atoms with Crippen molar-refractivity contribution >= 4 is 50.0 Å². The highest BCUT2D eigenvalue weighted by molar-refractivity contribution is 9.10. The fraction of sp³-hybridized carbons (Fsp3) is 0.143. The van der Waals surface area contributed by atoms with Crippen molar-refractivity contribution < 1.29 is 14.4 Å². The minimum Gasteiger partial charge on any atom is -0.352 e. The summed E-state index contributed by atoms with van der Waals surface area (Å²) in [5, 5.41) is 5.78. The van der Waals surface area contributed by atoms with E-state index in [1.165, 1.54) is 6.92 Å². The lowest BCUT2D eigenvalue weighted by Gasteiger charge is -2.05. The van der Waals surface area contributed by atoms with Crippen molar-refractivity contribution in [1.29, 1.82) is 0 Å². The molecule has 0 atom stereocenters. The number of nitrogens with one attached hydrogen (secondary N) is 2. The molecule has 1 heterocycles. The van der Waals surface area contributed by atoms with Crippen LogP contribution in [-0.2, 0) is 4.79 Å². The first-order valence-corrected chi connectivity index (χ1v) is 10.5. The normalized spacial score (nSPS) is 10.4. The molecule has 0 fully saturated rings. The van der Waals surface area contributed by atoms with Gasteiger partial charge in [0.2, 0.25) is 5.91 Å². The summed E-state index contributed by atoms with van der Waals surface area (Å²) >= 11 is 4.46. The van der Waals surface area contributed by atoms with Gasteiger partial charge in [-0.1, -0.05) is 57.6 Å². The number of hydrogen-bond acceptors (Lipinski definition) is 5. The zero-order valence-corrected chi connectivity index (χ0v) is 18.0. The van der Waals surface area contributed by atoms with Gasteiger partial charge in [-0.25, -0.2) is 4.98 Å². The molecule has 6 nitrogen and oxygen atoms in total. The first kappa shape index (κ1) is 20.9. The van der Waals surface area contributed by atoms with E-state index in [1.54, 1.807) is 24.3 Å². The molecule has 8 heteroatoms. The topological polar surface area (TPSA) is 88.2 Å². The lowest BCUT2D eigenvalue weighted by molar-refractivity contribution is -0.116. The van der Waals surface area contributed by atoms with Crippen molar-refractivity contribution in [3.05, 3.63) is 69.5 Å². The number of nitrogens with zero attached hydrogens (tertiary/aromatic N) is 1. The number of amides is 2. The van der Waals surface area contributed by atoms with E-state index < -0.39 is 0 Å². The fourth-order valence-electron chi connectivity index (χ4n) is 2.58. The molecule has 1 aromatic heterocycles. The second-order valence-corrected chi connectivity index (χ2v) is 8.09. The molecule has 0 spiro atoms. The number of carbonyl (C=O) groups excluding carboxylic acids is 3. The van der Waals surface area contributed by atoms with Crippen LogP contribution in [0.5, 0.6) is 0 Å². The number of Topliss-reactive ketones (excluding diaryl/α,β-unsaturated/α-hetero) is 1. The molecular weight excluding hydrogens is 454 g/mol. The third kappa shape index (κ3) is 5.58. The van der Waals surface area contributed by atoms with Crippen LogP contribution in [0.15, 0.2) is 59.1 Å². The number of ketones is 1. The van der Waals surface area contributed by atoms with Crippen molar-refractivity contribution in [2.45, 2.75) is 13.3 Å². The number of aromatic nitrogens is 1. The summed E-state index contributed by atoms with van der Waals surface area (Å²) in [6.07, 6.45) is 0.0952. The molecule has 2 aromatic carbocycles. The van der Waals surface area contributed by atoms with Gasteiger partial charge in [0.25, 0.3) is 5.91 Å². The Bertz CT molecular complexity index is 1030. The van der Waals surface area contributed by atoms with E-state index in [-0.39, 0.29) is 30.6 Å². The molecule has 0 aliphatic rings. The van der Waals surface area contributed by atoms with Crippen molar-refractivity contribution in [2.24, 2.45) is 0 Å². The minimum absolute atomic E-state index is 0.0952. The maximum atomic E-state index is 12.2. The van der Waals surface area contributed by atoms with E-state index in [1.807, 2.05) is 30.3 Å². The minimum atomic E-state index is -0.287. The molecule has 0 saturated carbocycles. The van der Waals surface area contributed by atoms with Crippen LogP contribution < -0.4 is 10.6 Å². The van der Waals surface area contributed by atoms with Gasteiger partial charge in [0, 0.05) is 35.5 Å². The Morgan fingerprint density at radius 1 is 1.03 bits per heavy atom. The summed E-state index contributed by atoms with van der Waals surface area (Å²) in [7, 11) is 0. The van der Waals surface area contributed by atoms with Gasteiger partial charge in [0.15, 0.2) is 10.9 Å². The van der Waals surface area contributed by atoms with E-state index in [0.29, 0.717) is 21.3 Å². The molecule has 0 saturated heterocycles. The number of carbonyl (C=O) groups is 3. The Kier molecular flexibility index (Phi) is 6.90. The van der Waals surface area contributed by atoms with E-state index in [9.17, 15) is 14.4 Å². The number of rotatable bonds is 7. The summed E-state index contributed by atoms with van der Waals surface area (Å²) in [6, 6.07) is 16.3. The molecule has 0 aliphatic carbocycles. The summed E-state index contributed by atoms with van der Waals surface area (Å²) < 4.78 is 0.886. The highest BCUT2D eigenvalue weighted by Crippen LogP contribution is 2.31. The quantitative estimate of drug-likeness (QED) is 0.495. The molecule has 29 heavy (non-hydrogen) atoms. The van der Waals surface area contributed by atoms with Gasteiger partial charge in [-0.15, -0.1) is 0 Å². The molecule has 0 radical (unpaired) electrons. The maximum Gasteiger partial charge on any atom is 0.251 e. The van der Waals surface area contributed by atoms with Gasteiger partial charge in [-0.2, -0.15) is 0 Å². The third-order valence-corrected chi connectivity index (χ3v) is 5.58. The standard InChI is InChI=1S/C21H18BrN3O3S/c1-13(26)19-18(14-5-3-2-4-6-14)25-21(29-19)24-17(27)11-12-23-20(28)15-7-9-16(22)10-8-15/h2-10H,11-12H2,1H3,(H,23,28)(H,24,25,27). The smallest absolute Gasteiger partial charge is 0.251 e. The molecule has 3 rings (SSSR count). The molecular formula is C21H18BrN3O3S. The van der Waals surface area contributed by atoms with Gasteiger partial charge in [-0.3, -0.25) is 14.4 Å². The first-order chi connectivity index (χ1) is 13.9. The zero-order valence-electron chi connectivity index (χ0n) is 15.6. The van der Waals surface area contributed by atoms with E-state index in [4.69, 9.17) is 0 Å². The Morgan fingerprint density at radius 3 is 2.38 bits per heavy atom. The van der Waals surface area contributed by atoms with Gasteiger partial charge in [0.1, 0.15) is 0 Å². The predicted octanol–water partition coefficient (Wildman–Crippen LogP) is 4.53. The molecule has 148 valence electrons. The van der Waals surface area contributed by atoms with Crippen LogP contribution in [0.25, 0.3) is 11.3 Å². The van der Waals surface area contributed by atoms with Crippen molar-refractivity contribution in [3.8, 4) is 11.3 Å². The van der Waals surface area contributed by atoms with Crippen LogP contribution in [0, 0.1) is 0 Å². The average Bonchev–Trinajstić information content (AvgIpc) is 3.13. The van der Waals surface area contributed by atoms with Crippen molar-refractivity contribution in [2.75, 3.05) is 11.9 Å². The van der Waals surface area contributed by atoms with Crippen molar-refractivity contribution in [1.82, 2.24) is 10.3 Å². The maximum absolute atomic E-state index is 12.2. The Hall–Kier alpha value is -2.84. The van der Waals surface area contributed by atoms with Gasteiger partial charge >= 0.3 is 0 Å². The highest BCUT2D eigenvalue weighted by atomic mass is 79.9. The second kappa shape index (κ2) is 9.58. The van der Waals surface area contributed by atoms with Crippen LogP contribution in [0.2, 0.25) is 0 Å². The molecule has 3 aromatic rings. The number of hydrogen-bond donors (Lipinski definition) is 2. The Labute approximate surface area is 180 Å². The van der Waals surface area contributed by atoms with E-state index >= 15 is 0 Å². The first-order valence-electron chi connectivity index (χ1n) is 8.85. The lowest BCUT2D eigenvalue weighted by Crippen LogP contribution is -2.27. The van der Waals surface area contributed by atoms with Gasteiger partial charge in [0.05, 0.1) is 10.6 Å². The van der Waals surface area contributed by atoms with Gasteiger partial charge in [-0.05, 0) is 24.3 Å². The summed E-state index contributed by atoms with van der Waals surface area (Å²) in [4.78, 5) is 41.1. The molecule has 0 aliphatic heterocycles. The molecule has 0 bridgehead atoms. The van der Waals surface area contributed by atoms with Crippen LogP contribution in [0.1, 0.15) is 33.4 Å². The molecule has 2 N–H and O–H groups in total. The van der Waals surface area contributed by atoms with Crippen LogP contribution in [0.3, 0.4) is 0 Å². The van der Waals surface area contributed by atoms with Crippen molar-refractivity contribution in [3.63, 3.8) is 0 Å². The monoisotopic (exact) mass is 471 g/mol. The zero-order chi connectivity index (χ0) is 20.8. The third-order valence-electron chi connectivity index (χ3n) is 3.98. The SMILES string of the molecule is CC(=O)c1sc(NC(=O)CCNC(=O)c2ccc(Br)cc2)nc1-c1ccccc1. The number of benzene rings is 2. The molecule has 0 unspecified atom stereocenters. The Morgan fingerprint density at radius 2 is 1.72 bits per heavy atom. The predicted molar refractivity (Wildman–Crippen MR) is 117 cm³/mol. The fourth-order valence-corrected chi connectivity index (χ4v) is 3.74. The van der Waals surface area contributed by atoms with Crippen LogP contribution in [-0.4, -0.2) is 29.1 Å². The number of thiazole rings is 1. The van der Waals surface area contributed by atoms with E-state index in [0.717, 1.165) is 21.4 Å². The summed E-state index contributed by atoms with van der Waals surface area (Å²) in [5.41, 5.74) is 1.89. The molecule has 2 amide bonds.